The average molecular weight is 322 g/mol. The highest BCUT2D eigenvalue weighted by molar-refractivity contribution is 6.02. The maximum absolute atomic E-state index is 12.6. The second-order valence-electron chi connectivity index (χ2n) is 5.60. The van der Waals surface area contributed by atoms with Crippen LogP contribution < -0.4 is 10.4 Å². The first kappa shape index (κ1) is 14.7. The van der Waals surface area contributed by atoms with E-state index in [1.807, 2.05) is 30.3 Å². The lowest BCUT2D eigenvalue weighted by Gasteiger charge is -2.01. The average Bonchev–Trinajstić information content (AvgIpc) is 3.41. The van der Waals surface area contributed by atoms with Crippen molar-refractivity contribution >= 4 is 16.8 Å². The molecule has 1 aliphatic rings. The summed E-state index contributed by atoms with van der Waals surface area (Å²) < 4.78 is 15.8. The molecule has 0 saturated carbocycles. The molecule has 1 saturated heterocycles. The van der Waals surface area contributed by atoms with Gasteiger partial charge in [0, 0.05) is 5.39 Å². The molecule has 24 heavy (non-hydrogen) atoms. The molecule has 2 heterocycles. The van der Waals surface area contributed by atoms with E-state index < -0.39 is 11.7 Å². The van der Waals surface area contributed by atoms with E-state index in [0.29, 0.717) is 11.0 Å². The van der Waals surface area contributed by atoms with Gasteiger partial charge in [-0.05, 0) is 29.8 Å². The molecule has 1 fully saturated rings. The molecule has 0 bridgehead atoms. The van der Waals surface area contributed by atoms with Crippen molar-refractivity contribution in [2.24, 2.45) is 0 Å². The van der Waals surface area contributed by atoms with Crippen molar-refractivity contribution in [3.8, 4) is 5.75 Å². The van der Waals surface area contributed by atoms with Crippen LogP contribution in [-0.4, -0.2) is 19.0 Å². The molecular weight excluding hydrogens is 308 g/mol. The number of methoxy groups -OCH3 is 1. The highest BCUT2D eigenvalue weighted by atomic mass is 16.6. The van der Waals surface area contributed by atoms with E-state index in [4.69, 9.17) is 13.9 Å². The Labute approximate surface area is 137 Å². The number of Topliss-reactive ketones (excluding diaryl/α,β-unsaturated/α-hetero) is 1. The molecule has 2 aromatic carbocycles. The monoisotopic (exact) mass is 322 g/mol. The molecule has 0 aliphatic carbocycles. The summed E-state index contributed by atoms with van der Waals surface area (Å²) in [5.74, 6) is 0.382. The van der Waals surface area contributed by atoms with Gasteiger partial charge in [-0.25, -0.2) is 4.79 Å². The predicted molar refractivity (Wildman–Crippen MR) is 87.4 cm³/mol. The van der Waals surface area contributed by atoms with Gasteiger partial charge in [-0.1, -0.05) is 30.3 Å². The number of para-hydroxylation sites is 1. The molecule has 1 aromatic heterocycles. The molecule has 4 rings (SSSR count). The summed E-state index contributed by atoms with van der Waals surface area (Å²) in [5, 5.41) is 0.710. The Kier molecular flexibility index (Phi) is 3.43. The smallest absolute Gasteiger partial charge is 0.347 e. The van der Waals surface area contributed by atoms with Crippen molar-refractivity contribution in [1.29, 1.82) is 0 Å². The van der Waals surface area contributed by atoms with Gasteiger partial charge >= 0.3 is 5.63 Å². The second kappa shape index (κ2) is 5.62. The lowest BCUT2D eigenvalue weighted by molar-refractivity contribution is 0.0950. The van der Waals surface area contributed by atoms with Gasteiger partial charge in [0.15, 0.2) is 6.10 Å². The van der Waals surface area contributed by atoms with Crippen molar-refractivity contribution < 1.29 is 18.7 Å². The van der Waals surface area contributed by atoms with Crippen LogP contribution in [0, 0.1) is 0 Å². The van der Waals surface area contributed by atoms with Crippen molar-refractivity contribution in [3.05, 3.63) is 76.1 Å². The third-order valence-electron chi connectivity index (χ3n) is 4.10. The Morgan fingerprint density at radius 1 is 1.08 bits per heavy atom. The molecule has 0 spiro atoms. The molecular formula is C19H14O5. The fraction of sp³-hybridized carbons (Fsp3) is 0.158. The molecule has 1 aliphatic heterocycles. The zero-order chi connectivity index (χ0) is 16.7. The van der Waals surface area contributed by atoms with Crippen molar-refractivity contribution in [2.75, 3.05) is 7.11 Å². The number of carbonyl (C=O) groups is 1. The maximum atomic E-state index is 12.6. The number of carbonyl (C=O) groups excluding carboxylic acids is 1. The van der Waals surface area contributed by atoms with Crippen molar-refractivity contribution in [2.45, 2.75) is 12.2 Å². The Morgan fingerprint density at radius 2 is 1.83 bits per heavy atom. The summed E-state index contributed by atoms with van der Waals surface area (Å²) in [7, 11) is 1.59. The van der Waals surface area contributed by atoms with Gasteiger partial charge in [-0.3, -0.25) is 4.79 Å². The van der Waals surface area contributed by atoms with E-state index in [1.54, 1.807) is 31.4 Å². The largest absolute Gasteiger partial charge is 0.497 e. The van der Waals surface area contributed by atoms with Crippen LogP contribution in [0.25, 0.3) is 11.0 Å². The van der Waals surface area contributed by atoms with Gasteiger partial charge in [-0.15, -0.1) is 0 Å². The van der Waals surface area contributed by atoms with Gasteiger partial charge in [0.1, 0.15) is 23.0 Å². The molecule has 5 nitrogen and oxygen atoms in total. The SMILES string of the molecule is COc1ccc(C2OC2C(=O)c2cc3ccccc3oc2=O)cc1. The highest BCUT2D eigenvalue weighted by Gasteiger charge is 2.47. The van der Waals surface area contributed by atoms with E-state index >= 15 is 0 Å². The predicted octanol–water partition coefficient (Wildman–Crippen LogP) is 3.12. The minimum atomic E-state index is -0.651. The minimum absolute atomic E-state index is 0.0229. The maximum Gasteiger partial charge on any atom is 0.347 e. The normalized spacial score (nSPS) is 19.2. The van der Waals surface area contributed by atoms with E-state index in [-0.39, 0.29) is 17.5 Å². The number of rotatable bonds is 4. The van der Waals surface area contributed by atoms with Crippen LogP contribution in [0.3, 0.4) is 0 Å². The molecule has 5 heteroatoms. The standard InChI is InChI=1S/C19H14O5/c1-22-13-8-6-11(7-9-13)17-18(24-17)16(20)14-10-12-4-2-3-5-15(12)23-19(14)21/h2-10,17-18H,1H3. The quantitative estimate of drug-likeness (QED) is 0.419. The summed E-state index contributed by atoms with van der Waals surface area (Å²) in [4.78, 5) is 24.6. The Hall–Kier alpha value is -2.92. The molecule has 0 amide bonds. The summed E-state index contributed by atoms with van der Waals surface area (Å²) in [6.07, 6.45) is -0.989. The van der Waals surface area contributed by atoms with Gasteiger partial charge in [0.05, 0.1) is 7.11 Å². The molecule has 2 atom stereocenters. The first-order valence-corrected chi connectivity index (χ1v) is 7.54. The van der Waals surface area contributed by atoms with E-state index in [9.17, 15) is 9.59 Å². The van der Waals surface area contributed by atoms with E-state index in [2.05, 4.69) is 0 Å². The van der Waals surface area contributed by atoms with Gasteiger partial charge < -0.3 is 13.9 Å². The topological polar surface area (TPSA) is 69.0 Å². The van der Waals surface area contributed by atoms with Crippen LogP contribution in [0.1, 0.15) is 22.0 Å². The fourth-order valence-electron chi connectivity index (χ4n) is 2.75. The number of benzene rings is 2. The van der Waals surface area contributed by atoms with Crippen molar-refractivity contribution in [1.82, 2.24) is 0 Å². The molecule has 2 unspecified atom stereocenters. The van der Waals surface area contributed by atoms with Crippen LogP contribution in [-0.2, 0) is 4.74 Å². The summed E-state index contributed by atoms with van der Waals surface area (Å²) >= 11 is 0. The Bertz CT molecular complexity index is 971. The van der Waals surface area contributed by atoms with Crippen LogP contribution >= 0.6 is 0 Å². The lowest BCUT2D eigenvalue weighted by atomic mass is 10.0. The second-order valence-corrected chi connectivity index (χ2v) is 5.60. The molecule has 3 aromatic rings. The molecule has 120 valence electrons. The van der Waals surface area contributed by atoms with Gasteiger partial charge in [0.2, 0.25) is 5.78 Å². The van der Waals surface area contributed by atoms with Gasteiger partial charge in [-0.2, -0.15) is 0 Å². The van der Waals surface area contributed by atoms with Crippen LogP contribution in [0.15, 0.2) is 63.8 Å². The first-order valence-electron chi connectivity index (χ1n) is 7.54. The highest BCUT2D eigenvalue weighted by Crippen LogP contribution is 2.40. The summed E-state index contributed by atoms with van der Waals surface area (Å²) in [6, 6.07) is 16.0. The van der Waals surface area contributed by atoms with Crippen molar-refractivity contribution in [3.63, 3.8) is 0 Å². The first-order chi connectivity index (χ1) is 11.7. The zero-order valence-electron chi connectivity index (χ0n) is 12.9. The molecule has 0 N–H and O–H groups in total. The Morgan fingerprint density at radius 3 is 2.58 bits per heavy atom. The lowest BCUT2D eigenvalue weighted by Crippen LogP contribution is -2.18. The third kappa shape index (κ3) is 2.49. The van der Waals surface area contributed by atoms with Gasteiger partial charge in [0.25, 0.3) is 0 Å². The summed E-state index contributed by atoms with van der Waals surface area (Å²) in [6.45, 7) is 0. The number of hydrogen-bond donors (Lipinski definition) is 0. The number of epoxide rings is 1. The number of hydrogen-bond acceptors (Lipinski definition) is 5. The Balaban J connectivity index is 1.61. The number of ketones is 1. The van der Waals surface area contributed by atoms with Crippen LogP contribution in [0.2, 0.25) is 0 Å². The summed E-state index contributed by atoms with van der Waals surface area (Å²) in [5.41, 5.74) is 0.721. The third-order valence-corrected chi connectivity index (χ3v) is 4.10. The number of ether oxygens (including phenoxy) is 2. The minimum Gasteiger partial charge on any atom is -0.497 e. The number of fused-ring (bicyclic) bond motifs is 1. The molecule has 0 radical (unpaired) electrons. The van der Waals surface area contributed by atoms with Crippen LogP contribution in [0.4, 0.5) is 0 Å². The van der Waals surface area contributed by atoms with E-state index in [1.165, 1.54) is 0 Å². The zero-order valence-corrected chi connectivity index (χ0v) is 12.9. The van der Waals surface area contributed by atoms with E-state index in [0.717, 1.165) is 11.3 Å². The fourth-order valence-corrected chi connectivity index (χ4v) is 2.75. The van der Waals surface area contributed by atoms with Crippen LogP contribution in [0.5, 0.6) is 5.75 Å².